The second kappa shape index (κ2) is 12.1. The molecule has 1 unspecified atom stereocenters. The summed E-state index contributed by atoms with van der Waals surface area (Å²) < 4.78 is 16.2. The Morgan fingerprint density at radius 3 is 2.36 bits per heavy atom. The molecule has 9 heteroatoms. The standard InChI is InChI=1S/C27H31N3O5S/c1-4-24(26(32)29-14-16-34-17-15-29)36-27-28-23(18-19-6-10-21(33-3)11-7-19)25(31)30(27)20-8-12-22(13-9-20)35-5-2/h6-13,18,24H,4-5,14-17H2,1-3H3. The van der Waals surface area contributed by atoms with Gasteiger partial charge in [0.15, 0.2) is 5.17 Å². The van der Waals surface area contributed by atoms with Gasteiger partial charge in [-0.05, 0) is 61.4 Å². The highest BCUT2D eigenvalue weighted by atomic mass is 32.2. The fourth-order valence-corrected chi connectivity index (χ4v) is 5.06. The fourth-order valence-electron chi connectivity index (χ4n) is 3.94. The van der Waals surface area contributed by atoms with Crippen molar-refractivity contribution in [2.75, 3.05) is 44.9 Å². The minimum absolute atomic E-state index is 0.0418. The Hall–Kier alpha value is -3.30. The van der Waals surface area contributed by atoms with Gasteiger partial charge in [0.05, 0.1) is 37.9 Å². The van der Waals surface area contributed by atoms with Crippen molar-refractivity contribution in [3.05, 3.63) is 59.8 Å². The number of morpholine rings is 1. The van der Waals surface area contributed by atoms with E-state index in [-0.39, 0.29) is 17.1 Å². The van der Waals surface area contributed by atoms with Gasteiger partial charge in [0.2, 0.25) is 5.91 Å². The number of aliphatic imine (C=N–C) groups is 1. The van der Waals surface area contributed by atoms with Crippen LogP contribution in [0, 0.1) is 0 Å². The summed E-state index contributed by atoms with van der Waals surface area (Å²) in [5.74, 6) is 1.26. The average Bonchev–Trinajstić information content (AvgIpc) is 3.22. The molecule has 2 aliphatic rings. The lowest BCUT2D eigenvalue weighted by molar-refractivity contribution is -0.134. The van der Waals surface area contributed by atoms with E-state index in [9.17, 15) is 9.59 Å². The molecule has 190 valence electrons. The molecule has 1 atom stereocenters. The van der Waals surface area contributed by atoms with Crippen molar-refractivity contribution >= 4 is 40.5 Å². The number of thioether (sulfide) groups is 1. The Morgan fingerprint density at radius 1 is 1.08 bits per heavy atom. The Balaban J connectivity index is 1.64. The molecule has 0 saturated carbocycles. The zero-order chi connectivity index (χ0) is 25.5. The summed E-state index contributed by atoms with van der Waals surface area (Å²) in [5.41, 5.74) is 1.81. The first-order valence-electron chi connectivity index (χ1n) is 12.1. The van der Waals surface area contributed by atoms with E-state index in [4.69, 9.17) is 19.2 Å². The largest absolute Gasteiger partial charge is 0.497 e. The van der Waals surface area contributed by atoms with Gasteiger partial charge >= 0.3 is 0 Å². The minimum atomic E-state index is -0.361. The first-order valence-corrected chi connectivity index (χ1v) is 13.0. The normalized spacial score (nSPS) is 17.8. The van der Waals surface area contributed by atoms with E-state index in [1.165, 1.54) is 11.8 Å². The Bertz CT molecular complexity index is 1130. The van der Waals surface area contributed by atoms with Crippen LogP contribution in [-0.2, 0) is 14.3 Å². The molecule has 1 fully saturated rings. The number of anilines is 1. The number of carbonyl (C=O) groups excluding carboxylic acids is 2. The van der Waals surface area contributed by atoms with Gasteiger partial charge in [-0.2, -0.15) is 0 Å². The van der Waals surface area contributed by atoms with Crippen LogP contribution in [0.4, 0.5) is 5.69 Å². The molecule has 0 aliphatic carbocycles. The maximum absolute atomic E-state index is 13.6. The lowest BCUT2D eigenvalue weighted by Crippen LogP contribution is -2.45. The van der Waals surface area contributed by atoms with Crippen molar-refractivity contribution in [1.82, 2.24) is 4.90 Å². The van der Waals surface area contributed by atoms with Crippen LogP contribution in [-0.4, -0.2) is 67.2 Å². The first kappa shape index (κ1) is 25.8. The van der Waals surface area contributed by atoms with Gasteiger partial charge in [0.1, 0.15) is 17.2 Å². The van der Waals surface area contributed by atoms with E-state index in [1.807, 2.05) is 67.3 Å². The summed E-state index contributed by atoms with van der Waals surface area (Å²) in [5, 5.41) is 0.123. The van der Waals surface area contributed by atoms with Crippen molar-refractivity contribution in [1.29, 1.82) is 0 Å². The number of hydrogen-bond acceptors (Lipinski definition) is 7. The van der Waals surface area contributed by atoms with Crippen LogP contribution in [0.1, 0.15) is 25.8 Å². The van der Waals surface area contributed by atoms with Crippen LogP contribution in [0.2, 0.25) is 0 Å². The van der Waals surface area contributed by atoms with Crippen LogP contribution in [0.25, 0.3) is 6.08 Å². The second-order valence-corrected chi connectivity index (χ2v) is 9.39. The minimum Gasteiger partial charge on any atom is -0.497 e. The van der Waals surface area contributed by atoms with Gasteiger partial charge < -0.3 is 19.1 Å². The van der Waals surface area contributed by atoms with Crippen molar-refractivity contribution in [3.63, 3.8) is 0 Å². The monoisotopic (exact) mass is 509 g/mol. The number of amidine groups is 1. The number of ether oxygens (including phenoxy) is 3. The molecule has 0 N–H and O–H groups in total. The van der Waals surface area contributed by atoms with Gasteiger partial charge in [0.25, 0.3) is 5.91 Å². The topological polar surface area (TPSA) is 80.7 Å². The van der Waals surface area contributed by atoms with E-state index < -0.39 is 0 Å². The number of carbonyl (C=O) groups is 2. The van der Waals surface area contributed by atoms with Crippen LogP contribution in [0.5, 0.6) is 11.5 Å². The number of nitrogens with zero attached hydrogens (tertiary/aromatic N) is 3. The summed E-state index contributed by atoms with van der Waals surface area (Å²) in [6.45, 7) is 6.69. The molecule has 2 aromatic rings. The smallest absolute Gasteiger partial charge is 0.283 e. The number of benzene rings is 2. The summed E-state index contributed by atoms with van der Waals surface area (Å²) in [4.78, 5) is 34.9. The van der Waals surface area contributed by atoms with Gasteiger partial charge in [-0.15, -0.1) is 0 Å². The lowest BCUT2D eigenvalue weighted by Gasteiger charge is -2.30. The molecule has 4 rings (SSSR count). The SMILES string of the molecule is CCOc1ccc(N2C(=O)C(=Cc3ccc(OC)cc3)N=C2SC(CC)C(=O)N2CCOCC2)cc1. The van der Waals surface area contributed by atoms with Crippen molar-refractivity contribution < 1.29 is 23.8 Å². The molecule has 2 aromatic carbocycles. The molecular weight excluding hydrogens is 478 g/mol. The molecule has 2 aliphatic heterocycles. The fraction of sp³-hybridized carbons (Fsp3) is 0.370. The predicted octanol–water partition coefficient (Wildman–Crippen LogP) is 4.21. The average molecular weight is 510 g/mol. The van der Waals surface area contributed by atoms with Crippen LogP contribution >= 0.6 is 11.8 Å². The third-order valence-electron chi connectivity index (χ3n) is 5.87. The Kier molecular flexibility index (Phi) is 8.66. The molecular formula is C27H31N3O5S. The lowest BCUT2D eigenvalue weighted by atomic mass is 10.2. The predicted molar refractivity (Wildman–Crippen MR) is 143 cm³/mol. The number of amides is 2. The Labute approximate surface area is 215 Å². The zero-order valence-corrected chi connectivity index (χ0v) is 21.6. The van der Waals surface area contributed by atoms with Crippen LogP contribution in [0.15, 0.2) is 59.2 Å². The number of hydrogen-bond donors (Lipinski definition) is 0. The van der Waals surface area contributed by atoms with Crippen molar-refractivity contribution in [2.45, 2.75) is 25.5 Å². The molecule has 36 heavy (non-hydrogen) atoms. The second-order valence-electron chi connectivity index (χ2n) is 8.22. The summed E-state index contributed by atoms with van der Waals surface area (Å²) in [6.07, 6.45) is 2.37. The highest BCUT2D eigenvalue weighted by Crippen LogP contribution is 2.33. The van der Waals surface area contributed by atoms with Gasteiger partial charge in [-0.1, -0.05) is 30.8 Å². The first-order chi connectivity index (χ1) is 17.5. The summed E-state index contributed by atoms with van der Waals surface area (Å²) >= 11 is 1.33. The molecule has 0 aromatic heterocycles. The van der Waals surface area contributed by atoms with E-state index in [0.717, 1.165) is 17.1 Å². The molecule has 1 saturated heterocycles. The van der Waals surface area contributed by atoms with Crippen molar-refractivity contribution in [2.24, 2.45) is 4.99 Å². The third-order valence-corrected chi connectivity index (χ3v) is 7.18. The van der Waals surface area contributed by atoms with E-state index in [0.29, 0.717) is 55.9 Å². The summed E-state index contributed by atoms with van der Waals surface area (Å²) in [6, 6.07) is 14.7. The molecule has 2 amide bonds. The van der Waals surface area contributed by atoms with Gasteiger partial charge in [-0.25, -0.2) is 4.99 Å². The van der Waals surface area contributed by atoms with Crippen LogP contribution < -0.4 is 14.4 Å². The van der Waals surface area contributed by atoms with E-state index in [2.05, 4.69) is 0 Å². The summed E-state index contributed by atoms with van der Waals surface area (Å²) in [7, 11) is 1.61. The molecule has 8 nitrogen and oxygen atoms in total. The number of rotatable bonds is 8. The highest BCUT2D eigenvalue weighted by molar-refractivity contribution is 8.15. The Morgan fingerprint density at radius 2 is 1.75 bits per heavy atom. The van der Waals surface area contributed by atoms with Crippen LogP contribution in [0.3, 0.4) is 0 Å². The molecule has 0 spiro atoms. The molecule has 0 radical (unpaired) electrons. The highest BCUT2D eigenvalue weighted by Gasteiger charge is 2.36. The third kappa shape index (κ3) is 5.91. The van der Waals surface area contributed by atoms with E-state index in [1.54, 1.807) is 18.1 Å². The zero-order valence-electron chi connectivity index (χ0n) is 20.8. The van der Waals surface area contributed by atoms with Gasteiger partial charge in [0, 0.05) is 13.1 Å². The molecule has 0 bridgehead atoms. The quantitative estimate of drug-likeness (QED) is 0.496. The maximum Gasteiger partial charge on any atom is 0.283 e. The maximum atomic E-state index is 13.6. The van der Waals surface area contributed by atoms with Gasteiger partial charge in [-0.3, -0.25) is 14.5 Å². The molecule has 2 heterocycles. The van der Waals surface area contributed by atoms with Crippen molar-refractivity contribution in [3.8, 4) is 11.5 Å². The van der Waals surface area contributed by atoms with E-state index >= 15 is 0 Å². The number of methoxy groups -OCH3 is 1.